The number of nitrogens with one attached hydrogen (secondary N) is 1. The number of carbonyl (C=O) groups excluding carboxylic acids is 1. The molecule has 1 amide bonds. The second-order valence-corrected chi connectivity index (χ2v) is 3.98. The van der Waals surface area contributed by atoms with E-state index in [2.05, 4.69) is 5.32 Å². The molecule has 7 heteroatoms. The van der Waals surface area contributed by atoms with Crippen molar-refractivity contribution >= 4 is 18.1 Å². The van der Waals surface area contributed by atoms with Gasteiger partial charge in [0.05, 0.1) is 0 Å². The number of carboxylic acids is 1. The van der Waals surface area contributed by atoms with E-state index in [1.165, 1.54) is 13.1 Å². The second-order valence-electron chi connectivity index (χ2n) is 3.98. The maximum atomic E-state index is 11.7. The van der Waals surface area contributed by atoms with Gasteiger partial charge in [0.25, 0.3) is 5.91 Å². The zero-order valence-electron chi connectivity index (χ0n) is 8.97. The third-order valence-electron chi connectivity index (χ3n) is 2.70. The van der Waals surface area contributed by atoms with E-state index < -0.39 is 23.5 Å². The predicted molar refractivity (Wildman–Crippen MR) is 56.0 cm³/mol. The molecule has 7 nitrogen and oxygen atoms in total. The zero-order chi connectivity index (χ0) is 12.3. The number of nitrogens with two attached hydrogens (primary N) is 1. The van der Waals surface area contributed by atoms with Gasteiger partial charge in [0, 0.05) is 26.3 Å². The molecule has 90 valence electrons. The van der Waals surface area contributed by atoms with Gasteiger partial charge in [0.1, 0.15) is 6.04 Å². The van der Waals surface area contributed by atoms with E-state index in [0.29, 0.717) is 17.6 Å². The summed E-state index contributed by atoms with van der Waals surface area (Å²) in [5.41, 5.74) is 4.09. The first-order valence-electron chi connectivity index (χ1n) is 4.94. The molecule has 1 heterocycles. The van der Waals surface area contributed by atoms with Crippen LogP contribution in [0.5, 0.6) is 0 Å². The van der Waals surface area contributed by atoms with Crippen LogP contribution >= 0.6 is 0 Å². The zero-order valence-corrected chi connectivity index (χ0v) is 8.97. The Morgan fingerprint density at radius 2 is 2.38 bits per heavy atom. The summed E-state index contributed by atoms with van der Waals surface area (Å²) in [5, 5.41) is 22.3. The predicted octanol–water partition coefficient (Wildman–Crippen LogP) is -1.35. The highest BCUT2D eigenvalue weighted by molar-refractivity contribution is 5.86. The van der Waals surface area contributed by atoms with E-state index in [4.69, 9.17) is 10.8 Å². The van der Waals surface area contributed by atoms with Crippen LogP contribution in [0.25, 0.3) is 0 Å². The van der Waals surface area contributed by atoms with Gasteiger partial charge in [-0.25, -0.2) is 4.74 Å². The Morgan fingerprint density at radius 3 is 2.81 bits per heavy atom. The van der Waals surface area contributed by atoms with Crippen LogP contribution in [0, 0.1) is 5.21 Å². The van der Waals surface area contributed by atoms with Crippen molar-refractivity contribution in [1.82, 2.24) is 5.32 Å². The molecular weight excluding hydrogens is 214 g/mol. The van der Waals surface area contributed by atoms with E-state index in [-0.39, 0.29) is 6.54 Å². The Balaban J connectivity index is 2.53. The van der Waals surface area contributed by atoms with E-state index in [0.717, 1.165) is 0 Å². The highest BCUT2D eigenvalue weighted by Crippen LogP contribution is 2.21. The molecule has 0 saturated carbocycles. The molecule has 0 bridgehead atoms. The third kappa shape index (κ3) is 2.30. The van der Waals surface area contributed by atoms with Gasteiger partial charge in [-0.2, -0.15) is 0 Å². The van der Waals surface area contributed by atoms with Gasteiger partial charge in [-0.15, -0.1) is 0 Å². The summed E-state index contributed by atoms with van der Waals surface area (Å²) in [7, 11) is 0. The second kappa shape index (κ2) is 4.48. The molecular formula is C9H15N3O4. The summed E-state index contributed by atoms with van der Waals surface area (Å²) in [6, 6.07) is -1.15. The van der Waals surface area contributed by atoms with Crippen LogP contribution in [0.15, 0.2) is 0 Å². The average Bonchev–Trinajstić information content (AvgIpc) is 2.56. The number of carboxylic acid groups (broad SMARTS) is 1. The SMILES string of the molecule is CC1(C(=O)NC[C@@H](N)C(=O)O)CCC=[N+]1[O-]. The van der Waals surface area contributed by atoms with Crippen LogP contribution in [-0.2, 0) is 9.59 Å². The Hall–Kier alpha value is -1.63. The van der Waals surface area contributed by atoms with Crippen molar-refractivity contribution < 1.29 is 19.4 Å². The molecule has 1 aliphatic heterocycles. The molecule has 0 fully saturated rings. The fourth-order valence-corrected chi connectivity index (χ4v) is 1.47. The number of carbonyl (C=O) groups is 2. The van der Waals surface area contributed by atoms with Gasteiger partial charge in [0.15, 0.2) is 6.21 Å². The molecule has 1 rings (SSSR count). The van der Waals surface area contributed by atoms with Crippen molar-refractivity contribution in [2.24, 2.45) is 5.73 Å². The number of hydroxylamine groups is 1. The minimum atomic E-state index is -1.19. The molecule has 0 aliphatic carbocycles. The minimum Gasteiger partial charge on any atom is -0.623 e. The minimum absolute atomic E-state index is 0.183. The van der Waals surface area contributed by atoms with Crippen molar-refractivity contribution in [3.8, 4) is 0 Å². The highest BCUT2D eigenvalue weighted by atomic mass is 16.5. The van der Waals surface area contributed by atoms with E-state index in [1.807, 2.05) is 0 Å². The van der Waals surface area contributed by atoms with Crippen molar-refractivity contribution in [1.29, 1.82) is 0 Å². The van der Waals surface area contributed by atoms with Gasteiger partial charge in [-0.1, -0.05) is 0 Å². The summed E-state index contributed by atoms with van der Waals surface area (Å²) in [5.74, 6) is -1.68. The Morgan fingerprint density at radius 1 is 1.75 bits per heavy atom. The summed E-state index contributed by atoms with van der Waals surface area (Å²) in [4.78, 5) is 22.1. The lowest BCUT2D eigenvalue weighted by Crippen LogP contribution is -2.52. The van der Waals surface area contributed by atoms with Crippen molar-refractivity contribution in [2.45, 2.75) is 31.3 Å². The fraction of sp³-hybridized carbons (Fsp3) is 0.667. The summed E-state index contributed by atoms with van der Waals surface area (Å²) >= 11 is 0. The molecule has 0 spiro atoms. The summed E-state index contributed by atoms with van der Waals surface area (Å²) < 4.78 is 0.606. The maximum Gasteiger partial charge on any atom is 0.322 e. The number of aliphatic carboxylic acids is 1. The monoisotopic (exact) mass is 229 g/mol. The first-order valence-corrected chi connectivity index (χ1v) is 4.94. The third-order valence-corrected chi connectivity index (χ3v) is 2.70. The van der Waals surface area contributed by atoms with Gasteiger partial charge in [-0.05, 0) is 0 Å². The van der Waals surface area contributed by atoms with Crippen LogP contribution in [-0.4, -0.2) is 46.1 Å². The lowest BCUT2D eigenvalue weighted by molar-refractivity contribution is -0.514. The molecule has 16 heavy (non-hydrogen) atoms. The smallest absolute Gasteiger partial charge is 0.322 e. The van der Waals surface area contributed by atoms with Crippen molar-refractivity contribution in [3.05, 3.63) is 5.21 Å². The van der Waals surface area contributed by atoms with E-state index in [9.17, 15) is 14.8 Å². The lowest BCUT2D eigenvalue weighted by atomic mass is 9.98. The van der Waals surface area contributed by atoms with Crippen LogP contribution < -0.4 is 11.1 Å². The first kappa shape index (κ1) is 12.4. The van der Waals surface area contributed by atoms with Crippen molar-refractivity contribution in [3.63, 3.8) is 0 Å². The number of amides is 1. The summed E-state index contributed by atoms with van der Waals surface area (Å²) in [6.45, 7) is 1.34. The maximum absolute atomic E-state index is 11.7. The highest BCUT2D eigenvalue weighted by Gasteiger charge is 2.44. The molecule has 2 atom stereocenters. The average molecular weight is 229 g/mol. The van der Waals surface area contributed by atoms with Gasteiger partial charge in [-0.3, -0.25) is 9.59 Å². The standard InChI is InChI=1S/C9H15N3O4/c1-9(3-2-4-12(9)16)8(15)11-5-6(10)7(13)14/h4,6H,2-3,5,10H2,1H3,(H,11,15)(H,13,14)/t6-,9?/m1/s1. The molecule has 0 aromatic heterocycles. The van der Waals surface area contributed by atoms with Crippen molar-refractivity contribution in [2.75, 3.05) is 6.54 Å². The number of rotatable bonds is 4. The molecule has 0 saturated heterocycles. The lowest BCUT2D eigenvalue weighted by Gasteiger charge is -2.22. The van der Waals surface area contributed by atoms with Crippen LogP contribution in [0.1, 0.15) is 19.8 Å². The van der Waals surface area contributed by atoms with Crippen LogP contribution in [0.4, 0.5) is 0 Å². The summed E-state index contributed by atoms with van der Waals surface area (Å²) in [6.07, 6.45) is 2.36. The molecule has 0 radical (unpaired) electrons. The molecule has 4 N–H and O–H groups in total. The molecule has 0 aromatic carbocycles. The molecule has 1 aliphatic rings. The number of nitrogens with zero attached hydrogens (tertiary/aromatic N) is 1. The quantitative estimate of drug-likeness (QED) is 0.406. The largest absolute Gasteiger partial charge is 0.623 e. The van der Waals surface area contributed by atoms with Gasteiger partial charge < -0.3 is 21.4 Å². The van der Waals surface area contributed by atoms with E-state index in [1.54, 1.807) is 0 Å². The van der Waals surface area contributed by atoms with Gasteiger partial charge >= 0.3 is 5.97 Å². The Kier molecular flexibility index (Phi) is 3.48. The Labute approximate surface area is 92.5 Å². The van der Waals surface area contributed by atoms with Crippen LogP contribution in [0.3, 0.4) is 0 Å². The van der Waals surface area contributed by atoms with Gasteiger partial charge in [0.2, 0.25) is 5.54 Å². The Bertz CT molecular complexity index is 342. The van der Waals surface area contributed by atoms with Crippen LogP contribution in [0.2, 0.25) is 0 Å². The first-order chi connectivity index (χ1) is 7.38. The number of hydrogen-bond donors (Lipinski definition) is 3. The molecule has 1 unspecified atom stereocenters. The number of hydrogen-bond acceptors (Lipinski definition) is 4. The normalized spacial score (nSPS) is 26.0. The van der Waals surface area contributed by atoms with E-state index >= 15 is 0 Å². The topological polar surface area (TPSA) is 118 Å². The fourth-order valence-electron chi connectivity index (χ4n) is 1.47. The molecule has 0 aromatic rings.